The molecule has 0 aliphatic carbocycles. The summed E-state index contributed by atoms with van der Waals surface area (Å²) >= 11 is 0. The Balaban J connectivity index is 3.67. The lowest BCUT2D eigenvalue weighted by atomic mass is 10.3. The van der Waals surface area contributed by atoms with Crippen LogP contribution in [0.25, 0.3) is 0 Å². The van der Waals surface area contributed by atoms with Crippen LogP contribution in [0.4, 0.5) is 22.0 Å². The summed E-state index contributed by atoms with van der Waals surface area (Å²) in [5, 5.41) is 15.4. The molecular weight excluding hydrogens is 250 g/mol. The molecule has 0 unspecified atom stereocenters. The van der Waals surface area contributed by atoms with Crippen molar-refractivity contribution in [1.82, 2.24) is 0 Å². The van der Waals surface area contributed by atoms with Crippen LogP contribution >= 0.6 is 7.92 Å². The standard InChI is InChI=1S/C8F5N2P/c9-3-4(10)6(12)8(7(13)5(3)11)16(1-14)2-15. The number of nitriles is 2. The molecule has 0 bridgehead atoms. The van der Waals surface area contributed by atoms with Gasteiger partial charge in [-0.15, -0.1) is 0 Å². The van der Waals surface area contributed by atoms with Gasteiger partial charge in [-0.3, -0.25) is 0 Å². The van der Waals surface area contributed by atoms with E-state index in [0.717, 1.165) is 0 Å². The van der Waals surface area contributed by atoms with Crippen LogP contribution in [0.3, 0.4) is 0 Å². The van der Waals surface area contributed by atoms with Crippen LogP contribution in [0.1, 0.15) is 0 Å². The van der Waals surface area contributed by atoms with E-state index in [1.54, 1.807) is 0 Å². The molecule has 1 aromatic carbocycles. The maximum Gasteiger partial charge on any atom is 0.200 e. The SMILES string of the molecule is N#CP(C#N)c1c(F)c(F)c(F)c(F)c1F. The first-order chi connectivity index (χ1) is 7.45. The molecule has 0 heterocycles. The zero-order valence-corrected chi connectivity index (χ0v) is 8.13. The Hall–Kier alpha value is -1.72. The molecule has 0 radical (unpaired) electrons. The van der Waals surface area contributed by atoms with Crippen LogP contribution in [0.5, 0.6) is 0 Å². The molecule has 0 aromatic heterocycles. The lowest BCUT2D eigenvalue weighted by molar-refractivity contribution is 0.384. The second-order valence-electron chi connectivity index (χ2n) is 2.45. The maximum atomic E-state index is 13.0. The molecule has 16 heavy (non-hydrogen) atoms. The van der Waals surface area contributed by atoms with Crippen LogP contribution < -0.4 is 5.30 Å². The fourth-order valence-corrected chi connectivity index (χ4v) is 1.75. The Kier molecular flexibility index (Phi) is 3.41. The zero-order chi connectivity index (χ0) is 12.5. The van der Waals surface area contributed by atoms with Crippen molar-refractivity contribution in [1.29, 1.82) is 10.5 Å². The molecule has 0 spiro atoms. The van der Waals surface area contributed by atoms with Crippen LogP contribution in [0.15, 0.2) is 0 Å². The highest BCUT2D eigenvalue weighted by Crippen LogP contribution is 2.35. The van der Waals surface area contributed by atoms with Gasteiger partial charge in [-0.2, -0.15) is 10.5 Å². The normalized spacial score (nSPS) is 10.0. The van der Waals surface area contributed by atoms with Gasteiger partial charge < -0.3 is 0 Å². The number of benzene rings is 1. The van der Waals surface area contributed by atoms with Crippen LogP contribution in [-0.4, -0.2) is 0 Å². The van der Waals surface area contributed by atoms with Crippen molar-refractivity contribution in [2.45, 2.75) is 0 Å². The first kappa shape index (κ1) is 12.4. The van der Waals surface area contributed by atoms with Gasteiger partial charge in [-0.25, -0.2) is 22.0 Å². The van der Waals surface area contributed by atoms with E-state index in [-0.39, 0.29) is 0 Å². The van der Waals surface area contributed by atoms with Gasteiger partial charge in [-0.1, -0.05) is 0 Å². The van der Waals surface area contributed by atoms with E-state index in [4.69, 9.17) is 10.5 Å². The van der Waals surface area contributed by atoms with E-state index in [1.807, 2.05) is 0 Å². The molecule has 0 saturated carbocycles. The van der Waals surface area contributed by atoms with Crippen molar-refractivity contribution in [2.75, 3.05) is 0 Å². The van der Waals surface area contributed by atoms with E-state index in [2.05, 4.69) is 0 Å². The summed E-state index contributed by atoms with van der Waals surface area (Å²) in [5.41, 5.74) is 0. The predicted octanol–water partition coefficient (Wildman–Crippen LogP) is 2.45. The number of hydrogen-bond donors (Lipinski definition) is 0. The molecule has 8 heteroatoms. The summed E-state index contributed by atoms with van der Waals surface area (Å²) in [6.07, 6.45) is 0. The fourth-order valence-electron chi connectivity index (χ4n) is 0.912. The molecule has 0 atom stereocenters. The fraction of sp³-hybridized carbons (Fsp3) is 0. The highest BCUT2D eigenvalue weighted by molar-refractivity contribution is 7.74. The van der Waals surface area contributed by atoms with Gasteiger partial charge in [-0.05, 0) is 0 Å². The monoisotopic (exact) mass is 250 g/mol. The summed E-state index contributed by atoms with van der Waals surface area (Å²) in [6, 6.07) is 0. The second kappa shape index (κ2) is 4.42. The summed E-state index contributed by atoms with van der Waals surface area (Å²) in [7, 11) is -2.72. The molecule has 0 N–H and O–H groups in total. The molecule has 1 aromatic rings. The molecule has 1 rings (SSSR count). The Morgan fingerprint density at radius 3 is 1.31 bits per heavy atom. The Morgan fingerprint density at radius 1 is 0.688 bits per heavy atom. The van der Waals surface area contributed by atoms with Gasteiger partial charge in [0.25, 0.3) is 0 Å². The summed E-state index contributed by atoms with van der Waals surface area (Å²) in [4.78, 5) is 0. The van der Waals surface area contributed by atoms with E-state index in [1.165, 1.54) is 11.6 Å². The summed E-state index contributed by atoms with van der Waals surface area (Å²) in [5.74, 6) is -8.52. The third-order valence-corrected chi connectivity index (χ3v) is 2.85. The molecule has 0 amide bonds. The molecule has 82 valence electrons. The second-order valence-corrected chi connectivity index (χ2v) is 3.97. The van der Waals surface area contributed by atoms with Crippen molar-refractivity contribution < 1.29 is 22.0 Å². The lowest BCUT2D eigenvalue weighted by Crippen LogP contribution is -2.18. The van der Waals surface area contributed by atoms with Crippen LogP contribution in [0.2, 0.25) is 0 Å². The molecule has 2 nitrogen and oxygen atoms in total. The topological polar surface area (TPSA) is 47.6 Å². The molecule has 0 aliphatic heterocycles. The third-order valence-electron chi connectivity index (χ3n) is 1.61. The van der Waals surface area contributed by atoms with Gasteiger partial charge in [0.2, 0.25) is 5.82 Å². The van der Waals surface area contributed by atoms with E-state index in [9.17, 15) is 22.0 Å². The quantitative estimate of drug-likeness (QED) is 0.332. The number of hydrogen-bond acceptors (Lipinski definition) is 2. The van der Waals surface area contributed by atoms with E-state index < -0.39 is 42.3 Å². The Labute approximate surface area is 87.3 Å². The average Bonchev–Trinajstić information content (AvgIpc) is 2.29. The highest BCUT2D eigenvalue weighted by Gasteiger charge is 2.30. The van der Waals surface area contributed by atoms with Gasteiger partial charge in [0, 0.05) is 0 Å². The van der Waals surface area contributed by atoms with Crippen LogP contribution in [0, 0.1) is 51.2 Å². The molecular formula is C8F5N2P. The highest BCUT2D eigenvalue weighted by atomic mass is 31.1. The third kappa shape index (κ3) is 1.70. The first-order valence-corrected chi connectivity index (χ1v) is 4.90. The van der Waals surface area contributed by atoms with Gasteiger partial charge in [0.1, 0.15) is 19.5 Å². The molecule has 0 saturated heterocycles. The minimum atomic E-state index is -2.72. The maximum absolute atomic E-state index is 13.0. The van der Waals surface area contributed by atoms with E-state index in [0.29, 0.717) is 0 Å². The predicted molar refractivity (Wildman–Crippen MR) is 44.0 cm³/mol. The van der Waals surface area contributed by atoms with Crippen molar-refractivity contribution >= 4 is 13.2 Å². The largest absolute Gasteiger partial charge is 0.203 e. The lowest BCUT2D eigenvalue weighted by Gasteiger charge is -2.06. The minimum Gasteiger partial charge on any atom is -0.203 e. The van der Waals surface area contributed by atoms with Crippen LogP contribution in [-0.2, 0) is 0 Å². The van der Waals surface area contributed by atoms with E-state index >= 15 is 0 Å². The van der Waals surface area contributed by atoms with Gasteiger partial charge in [0.15, 0.2) is 23.3 Å². The molecule has 0 aliphatic rings. The smallest absolute Gasteiger partial charge is 0.200 e. The molecule has 0 fully saturated rings. The minimum absolute atomic E-state index is 1.19. The summed E-state index contributed by atoms with van der Waals surface area (Å²) in [6.45, 7) is 0. The number of halogens is 5. The summed E-state index contributed by atoms with van der Waals surface area (Å²) < 4.78 is 64.0. The van der Waals surface area contributed by atoms with Crippen molar-refractivity contribution in [3.63, 3.8) is 0 Å². The number of nitrogens with zero attached hydrogens (tertiary/aromatic N) is 2. The van der Waals surface area contributed by atoms with Crippen molar-refractivity contribution in [3.05, 3.63) is 29.1 Å². The Bertz CT molecular complexity index is 488. The number of rotatable bonds is 1. The van der Waals surface area contributed by atoms with Crippen molar-refractivity contribution in [2.24, 2.45) is 0 Å². The van der Waals surface area contributed by atoms with Crippen molar-refractivity contribution in [3.8, 4) is 11.6 Å². The zero-order valence-electron chi connectivity index (χ0n) is 7.23. The van der Waals surface area contributed by atoms with Gasteiger partial charge >= 0.3 is 0 Å². The van der Waals surface area contributed by atoms with Gasteiger partial charge in [0.05, 0.1) is 5.30 Å². The first-order valence-electron chi connectivity index (χ1n) is 3.56. The average molecular weight is 250 g/mol. The Morgan fingerprint density at radius 2 is 1.00 bits per heavy atom.